The summed E-state index contributed by atoms with van der Waals surface area (Å²) < 4.78 is 5.53. The minimum absolute atomic E-state index is 0.000283. The highest BCUT2D eigenvalue weighted by atomic mass is 16.5. The lowest BCUT2D eigenvalue weighted by molar-refractivity contribution is -0.121. The molecule has 0 aliphatic heterocycles. The third kappa shape index (κ3) is 3.62. The van der Waals surface area contributed by atoms with Crippen LogP contribution in [-0.2, 0) is 4.79 Å². The molecule has 1 aromatic carbocycles. The van der Waals surface area contributed by atoms with Gasteiger partial charge in [0.05, 0.1) is 13.0 Å². The van der Waals surface area contributed by atoms with Gasteiger partial charge in [-0.05, 0) is 31.0 Å². The van der Waals surface area contributed by atoms with Crippen LogP contribution in [0.4, 0.5) is 0 Å². The molecule has 0 fully saturated rings. The molecule has 0 aliphatic carbocycles. The van der Waals surface area contributed by atoms with Crippen molar-refractivity contribution in [3.05, 3.63) is 29.3 Å². The quantitative estimate of drug-likeness (QED) is 0.817. The van der Waals surface area contributed by atoms with Gasteiger partial charge >= 0.3 is 0 Å². The smallest absolute Gasteiger partial charge is 0.223 e. The Balaban J connectivity index is 2.50. The van der Waals surface area contributed by atoms with Crippen LogP contribution in [0.15, 0.2) is 18.2 Å². The van der Waals surface area contributed by atoms with Crippen molar-refractivity contribution >= 4 is 5.91 Å². The molecule has 1 rings (SSSR count). The number of carbonyl (C=O) groups excluding carboxylic acids is 1. The van der Waals surface area contributed by atoms with Crippen molar-refractivity contribution in [1.82, 2.24) is 5.32 Å². The first-order chi connectivity index (χ1) is 7.13. The number of rotatable bonds is 4. The van der Waals surface area contributed by atoms with E-state index in [-0.39, 0.29) is 5.91 Å². The van der Waals surface area contributed by atoms with E-state index in [9.17, 15) is 4.79 Å². The highest BCUT2D eigenvalue weighted by Crippen LogP contribution is 2.18. The summed E-state index contributed by atoms with van der Waals surface area (Å²) in [6, 6.07) is 6.05. The standard InChI is InChI=1S/C12H17NO2/c1-9-4-5-10(2)11(8-9)15-7-6-12(14)13-3/h4-5,8H,6-7H2,1-3H3,(H,13,14). The molecule has 3 heteroatoms. The lowest BCUT2D eigenvalue weighted by atomic mass is 10.1. The average molecular weight is 207 g/mol. The first-order valence-corrected chi connectivity index (χ1v) is 5.04. The summed E-state index contributed by atoms with van der Waals surface area (Å²) in [5, 5.41) is 2.56. The maximum absolute atomic E-state index is 11.0. The van der Waals surface area contributed by atoms with Gasteiger partial charge in [-0.2, -0.15) is 0 Å². The Kier molecular flexibility index (Phi) is 4.16. The van der Waals surface area contributed by atoms with Crippen molar-refractivity contribution in [2.45, 2.75) is 20.3 Å². The minimum Gasteiger partial charge on any atom is -0.493 e. The van der Waals surface area contributed by atoms with Crippen LogP contribution in [0.2, 0.25) is 0 Å². The third-order valence-electron chi connectivity index (χ3n) is 2.21. The monoisotopic (exact) mass is 207 g/mol. The Labute approximate surface area is 90.4 Å². The molecule has 0 saturated heterocycles. The zero-order valence-corrected chi connectivity index (χ0v) is 9.46. The molecule has 0 atom stereocenters. The molecule has 0 radical (unpaired) electrons. The predicted octanol–water partition coefficient (Wildman–Crippen LogP) is 1.82. The second kappa shape index (κ2) is 5.39. The largest absolute Gasteiger partial charge is 0.493 e. The number of hydrogen-bond acceptors (Lipinski definition) is 2. The van der Waals surface area contributed by atoms with Crippen molar-refractivity contribution < 1.29 is 9.53 Å². The summed E-state index contributed by atoms with van der Waals surface area (Å²) in [6.07, 6.45) is 0.393. The van der Waals surface area contributed by atoms with E-state index in [2.05, 4.69) is 5.32 Å². The molecule has 0 heterocycles. The fraction of sp³-hybridized carbons (Fsp3) is 0.417. The lowest BCUT2D eigenvalue weighted by Crippen LogP contribution is -2.20. The van der Waals surface area contributed by atoms with Gasteiger partial charge in [0.15, 0.2) is 0 Å². The molecule has 0 saturated carbocycles. The first-order valence-electron chi connectivity index (χ1n) is 5.04. The van der Waals surface area contributed by atoms with E-state index in [1.165, 1.54) is 0 Å². The summed E-state index contributed by atoms with van der Waals surface area (Å²) in [6.45, 7) is 4.43. The number of benzene rings is 1. The predicted molar refractivity (Wildman–Crippen MR) is 60.1 cm³/mol. The number of hydrogen-bond donors (Lipinski definition) is 1. The van der Waals surface area contributed by atoms with Gasteiger partial charge in [0.1, 0.15) is 5.75 Å². The molecule has 82 valence electrons. The summed E-state index contributed by atoms with van der Waals surface area (Å²) in [5.74, 6) is 0.860. The first kappa shape index (κ1) is 11.6. The van der Waals surface area contributed by atoms with Crippen LogP contribution in [0.3, 0.4) is 0 Å². The fourth-order valence-electron chi connectivity index (χ4n) is 1.24. The van der Waals surface area contributed by atoms with Gasteiger partial charge in [0.2, 0.25) is 5.91 Å². The lowest BCUT2D eigenvalue weighted by Gasteiger charge is -2.09. The molecule has 0 unspecified atom stereocenters. The molecule has 3 nitrogen and oxygen atoms in total. The number of nitrogens with one attached hydrogen (secondary N) is 1. The van der Waals surface area contributed by atoms with Crippen LogP contribution in [0.1, 0.15) is 17.5 Å². The van der Waals surface area contributed by atoms with Gasteiger partial charge in [0.25, 0.3) is 0 Å². The second-order valence-electron chi connectivity index (χ2n) is 3.54. The van der Waals surface area contributed by atoms with Gasteiger partial charge < -0.3 is 10.1 Å². The van der Waals surface area contributed by atoms with Crippen LogP contribution >= 0.6 is 0 Å². The molecule has 15 heavy (non-hydrogen) atoms. The SMILES string of the molecule is CNC(=O)CCOc1cc(C)ccc1C. The van der Waals surface area contributed by atoms with E-state index in [1.807, 2.05) is 32.0 Å². The van der Waals surface area contributed by atoms with Crippen LogP contribution in [-0.4, -0.2) is 19.6 Å². The van der Waals surface area contributed by atoms with E-state index in [4.69, 9.17) is 4.74 Å². The van der Waals surface area contributed by atoms with Gasteiger partial charge in [0, 0.05) is 7.05 Å². The van der Waals surface area contributed by atoms with Gasteiger partial charge in [-0.25, -0.2) is 0 Å². The molecular formula is C12H17NO2. The maximum Gasteiger partial charge on any atom is 0.223 e. The third-order valence-corrected chi connectivity index (χ3v) is 2.21. The van der Waals surface area contributed by atoms with Gasteiger partial charge in [-0.1, -0.05) is 12.1 Å². The Bertz CT molecular complexity index is 347. The normalized spacial score (nSPS) is 9.80. The average Bonchev–Trinajstić information content (AvgIpc) is 2.23. The molecule has 1 aromatic rings. The molecule has 0 bridgehead atoms. The van der Waals surface area contributed by atoms with Crippen molar-refractivity contribution in [1.29, 1.82) is 0 Å². The molecule has 1 N–H and O–H groups in total. The molecule has 0 aromatic heterocycles. The Morgan fingerprint density at radius 2 is 2.13 bits per heavy atom. The number of carbonyl (C=O) groups is 1. The van der Waals surface area contributed by atoms with Crippen molar-refractivity contribution in [2.75, 3.05) is 13.7 Å². The van der Waals surface area contributed by atoms with E-state index in [0.717, 1.165) is 16.9 Å². The molecule has 0 spiro atoms. The summed E-state index contributed by atoms with van der Waals surface area (Å²) in [5.41, 5.74) is 2.26. The van der Waals surface area contributed by atoms with E-state index in [1.54, 1.807) is 7.05 Å². The van der Waals surface area contributed by atoms with E-state index >= 15 is 0 Å². The highest BCUT2D eigenvalue weighted by molar-refractivity contribution is 5.75. The zero-order chi connectivity index (χ0) is 11.3. The number of ether oxygens (including phenoxy) is 1. The molecule has 1 amide bonds. The molecule has 0 aliphatic rings. The van der Waals surface area contributed by atoms with Crippen LogP contribution in [0, 0.1) is 13.8 Å². The maximum atomic E-state index is 11.0. The number of amides is 1. The summed E-state index contributed by atoms with van der Waals surface area (Å²) >= 11 is 0. The topological polar surface area (TPSA) is 38.3 Å². The Hall–Kier alpha value is -1.51. The van der Waals surface area contributed by atoms with Crippen LogP contribution in [0.5, 0.6) is 5.75 Å². The summed E-state index contributed by atoms with van der Waals surface area (Å²) in [7, 11) is 1.63. The van der Waals surface area contributed by atoms with Crippen molar-refractivity contribution in [3.63, 3.8) is 0 Å². The van der Waals surface area contributed by atoms with Crippen LogP contribution in [0.25, 0.3) is 0 Å². The second-order valence-corrected chi connectivity index (χ2v) is 3.54. The Morgan fingerprint density at radius 3 is 2.80 bits per heavy atom. The van der Waals surface area contributed by atoms with E-state index < -0.39 is 0 Å². The van der Waals surface area contributed by atoms with E-state index in [0.29, 0.717) is 13.0 Å². The van der Waals surface area contributed by atoms with Crippen molar-refractivity contribution in [3.8, 4) is 5.75 Å². The minimum atomic E-state index is 0.000283. The van der Waals surface area contributed by atoms with Crippen LogP contribution < -0.4 is 10.1 Å². The Morgan fingerprint density at radius 1 is 1.40 bits per heavy atom. The molecular weight excluding hydrogens is 190 g/mol. The van der Waals surface area contributed by atoms with Gasteiger partial charge in [-0.15, -0.1) is 0 Å². The zero-order valence-electron chi connectivity index (χ0n) is 9.46. The van der Waals surface area contributed by atoms with Crippen molar-refractivity contribution in [2.24, 2.45) is 0 Å². The highest BCUT2D eigenvalue weighted by Gasteiger charge is 2.01. The fourth-order valence-corrected chi connectivity index (χ4v) is 1.24. The van der Waals surface area contributed by atoms with Gasteiger partial charge in [-0.3, -0.25) is 4.79 Å². The number of aryl methyl sites for hydroxylation is 2. The summed E-state index contributed by atoms with van der Waals surface area (Å²) in [4.78, 5) is 11.0.